The van der Waals surface area contributed by atoms with Gasteiger partial charge in [0.2, 0.25) is 5.91 Å². The van der Waals surface area contributed by atoms with Gasteiger partial charge in [-0.2, -0.15) is 0 Å². The van der Waals surface area contributed by atoms with Crippen LogP contribution >= 0.6 is 11.6 Å². The largest absolute Gasteiger partial charge is 0.353 e. The first-order valence-corrected chi connectivity index (χ1v) is 8.23. The fraction of sp³-hybridized carbons (Fsp3) is 0.588. The van der Waals surface area contributed by atoms with Crippen LogP contribution in [0.1, 0.15) is 38.7 Å². The van der Waals surface area contributed by atoms with Gasteiger partial charge in [-0.25, -0.2) is 0 Å². The molecule has 1 amide bonds. The van der Waals surface area contributed by atoms with Crippen molar-refractivity contribution in [1.82, 2.24) is 10.2 Å². The zero-order valence-corrected chi connectivity index (χ0v) is 13.7. The van der Waals surface area contributed by atoms with Crippen molar-refractivity contribution in [3.05, 3.63) is 34.9 Å². The number of piperidine rings is 1. The molecule has 1 N–H and O–H groups in total. The molecule has 3 nitrogen and oxygen atoms in total. The highest BCUT2D eigenvalue weighted by molar-refractivity contribution is 6.30. The molecule has 0 aliphatic carbocycles. The van der Waals surface area contributed by atoms with E-state index >= 15 is 0 Å². The summed E-state index contributed by atoms with van der Waals surface area (Å²) in [5, 5.41) is 3.87. The van der Waals surface area contributed by atoms with E-state index in [1.165, 1.54) is 5.56 Å². The van der Waals surface area contributed by atoms with Gasteiger partial charge in [0.05, 0.1) is 5.92 Å². The highest BCUT2D eigenvalue weighted by atomic mass is 35.5. The summed E-state index contributed by atoms with van der Waals surface area (Å²) in [6, 6.07) is 8.24. The Hall–Kier alpha value is -1.06. The summed E-state index contributed by atoms with van der Waals surface area (Å²) in [5.41, 5.74) is 1.25. The summed E-state index contributed by atoms with van der Waals surface area (Å²) < 4.78 is 0. The molecule has 1 aromatic carbocycles. The standard InChI is InChI=1S/C17H25ClN2O/c1-3-13(2)19-17(21)15-5-4-10-20(12-15)11-14-6-8-16(18)9-7-14/h6-9,13,15H,3-5,10-12H2,1-2H3,(H,19,21)/t13-,15+/m0/s1. The molecule has 1 aliphatic rings. The Morgan fingerprint density at radius 3 is 2.81 bits per heavy atom. The summed E-state index contributed by atoms with van der Waals surface area (Å²) in [5.74, 6) is 0.338. The quantitative estimate of drug-likeness (QED) is 0.903. The van der Waals surface area contributed by atoms with E-state index < -0.39 is 0 Å². The third-order valence-corrected chi connectivity index (χ3v) is 4.45. The molecule has 1 aliphatic heterocycles. The SMILES string of the molecule is CC[C@H](C)NC(=O)[C@@H]1CCCN(Cc2ccc(Cl)cc2)C1. The topological polar surface area (TPSA) is 32.3 Å². The average molecular weight is 309 g/mol. The van der Waals surface area contributed by atoms with Gasteiger partial charge in [0.25, 0.3) is 0 Å². The van der Waals surface area contributed by atoms with Crippen LogP contribution in [0.25, 0.3) is 0 Å². The number of hydrogen-bond donors (Lipinski definition) is 1. The Morgan fingerprint density at radius 1 is 1.43 bits per heavy atom. The fourth-order valence-corrected chi connectivity index (χ4v) is 2.85. The summed E-state index contributed by atoms with van der Waals surface area (Å²) in [7, 11) is 0. The Balaban J connectivity index is 1.88. The van der Waals surface area contributed by atoms with E-state index in [1.807, 2.05) is 12.1 Å². The molecular formula is C17H25ClN2O. The maximum atomic E-state index is 12.3. The van der Waals surface area contributed by atoms with Gasteiger partial charge >= 0.3 is 0 Å². The molecule has 21 heavy (non-hydrogen) atoms. The third kappa shape index (κ3) is 5.01. The summed E-state index contributed by atoms with van der Waals surface area (Å²) in [6.45, 7) is 6.97. The number of nitrogens with zero attached hydrogens (tertiary/aromatic N) is 1. The summed E-state index contributed by atoms with van der Waals surface area (Å²) >= 11 is 5.91. The number of hydrogen-bond acceptors (Lipinski definition) is 2. The molecule has 0 aromatic heterocycles. The second kappa shape index (κ2) is 7.81. The van der Waals surface area contributed by atoms with Crippen LogP contribution in [0.2, 0.25) is 5.02 Å². The highest BCUT2D eigenvalue weighted by Crippen LogP contribution is 2.20. The number of benzene rings is 1. The van der Waals surface area contributed by atoms with Gasteiger partial charge in [0.1, 0.15) is 0 Å². The number of nitrogens with one attached hydrogen (secondary N) is 1. The van der Waals surface area contributed by atoms with Gasteiger partial charge in [-0.05, 0) is 50.4 Å². The van der Waals surface area contributed by atoms with Crippen LogP contribution in [0.3, 0.4) is 0 Å². The van der Waals surface area contributed by atoms with E-state index in [1.54, 1.807) is 0 Å². The molecule has 0 spiro atoms. The maximum absolute atomic E-state index is 12.3. The molecule has 2 rings (SSSR count). The highest BCUT2D eigenvalue weighted by Gasteiger charge is 2.26. The normalized spacial score (nSPS) is 21.0. The van der Waals surface area contributed by atoms with Crippen molar-refractivity contribution >= 4 is 17.5 Å². The lowest BCUT2D eigenvalue weighted by molar-refractivity contribution is -0.127. The Kier molecular flexibility index (Phi) is 6.07. The van der Waals surface area contributed by atoms with Crippen LogP contribution < -0.4 is 5.32 Å². The molecule has 0 saturated carbocycles. The van der Waals surface area contributed by atoms with Crippen molar-refractivity contribution in [2.45, 2.75) is 45.7 Å². The lowest BCUT2D eigenvalue weighted by atomic mass is 9.96. The predicted octanol–water partition coefficient (Wildman–Crippen LogP) is 3.47. The van der Waals surface area contributed by atoms with Crippen molar-refractivity contribution in [1.29, 1.82) is 0 Å². The Bertz CT molecular complexity index is 460. The Morgan fingerprint density at radius 2 is 2.14 bits per heavy atom. The van der Waals surface area contributed by atoms with E-state index in [0.29, 0.717) is 0 Å². The van der Waals surface area contributed by atoms with Crippen LogP contribution in [0, 0.1) is 5.92 Å². The number of amides is 1. The second-order valence-corrected chi connectivity index (χ2v) is 6.46. The molecule has 1 aromatic rings. The first kappa shape index (κ1) is 16.3. The first-order chi connectivity index (χ1) is 10.1. The van der Waals surface area contributed by atoms with Crippen molar-refractivity contribution in [2.75, 3.05) is 13.1 Å². The maximum Gasteiger partial charge on any atom is 0.224 e. The zero-order valence-electron chi connectivity index (χ0n) is 12.9. The number of halogens is 1. The van der Waals surface area contributed by atoms with Crippen molar-refractivity contribution in [2.24, 2.45) is 5.92 Å². The lowest BCUT2D eigenvalue weighted by Gasteiger charge is -2.32. The third-order valence-electron chi connectivity index (χ3n) is 4.20. The molecule has 0 bridgehead atoms. The number of likely N-dealkylation sites (tertiary alicyclic amines) is 1. The lowest BCUT2D eigenvalue weighted by Crippen LogP contribution is -2.44. The van der Waals surface area contributed by atoms with Gasteiger partial charge < -0.3 is 5.32 Å². The van der Waals surface area contributed by atoms with Crippen LogP contribution in [0.5, 0.6) is 0 Å². The zero-order chi connectivity index (χ0) is 15.2. The van der Waals surface area contributed by atoms with Gasteiger partial charge in [-0.15, -0.1) is 0 Å². The number of rotatable bonds is 5. The minimum absolute atomic E-state index is 0.125. The number of carbonyl (C=O) groups is 1. The molecule has 1 heterocycles. The smallest absolute Gasteiger partial charge is 0.224 e. The minimum atomic E-state index is 0.125. The molecule has 0 radical (unpaired) electrons. The average Bonchev–Trinajstić information content (AvgIpc) is 2.49. The Labute approximate surface area is 132 Å². The van der Waals surface area contributed by atoms with E-state index in [4.69, 9.17) is 11.6 Å². The second-order valence-electron chi connectivity index (χ2n) is 6.02. The summed E-state index contributed by atoms with van der Waals surface area (Å²) in [4.78, 5) is 14.6. The van der Waals surface area contributed by atoms with Crippen LogP contribution in [-0.2, 0) is 11.3 Å². The van der Waals surface area contributed by atoms with Crippen LogP contribution in [0.4, 0.5) is 0 Å². The van der Waals surface area contributed by atoms with Crippen molar-refractivity contribution in [3.63, 3.8) is 0 Å². The van der Waals surface area contributed by atoms with E-state index in [0.717, 1.165) is 43.9 Å². The van der Waals surface area contributed by atoms with Crippen molar-refractivity contribution in [3.8, 4) is 0 Å². The fourth-order valence-electron chi connectivity index (χ4n) is 2.72. The first-order valence-electron chi connectivity index (χ1n) is 7.85. The van der Waals surface area contributed by atoms with E-state index in [9.17, 15) is 4.79 Å². The molecular weight excluding hydrogens is 284 g/mol. The predicted molar refractivity (Wildman–Crippen MR) is 87.3 cm³/mol. The molecule has 2 atom stereocenters. The van der Waals surface area contributed by atoms with Crippen molar-refractivity contribution < 1.29 is 4.79 Å². The monoisotopic (exact) mass is 308 g/mol. The minimum Gasteiger partial charge on any atom is -0.353 e. The van der Waals surface area contributed by atoms with Gasteiger partial charge in [0.15, 0.2) is 0 Å². The van der Waals surface area contributed by atoms with E-state index in [-0.39, 0.29) is 17.9 Å². The molecule has 116 valence electrons. The molecule has 1 saturated heterocycles. The van der Waals surface area contributed by atoms with Gasteiger partial charge in [-0.3, -0.25) is 9.69 Å². The molecule has 0 unspecified atom stereocenters. The summed E-state index contributed by atoms with van der Waals surface area (Å²) in [6.07, 6.45) is 3.07. The van der Waals surface area contributed by atoms with E-state index in [2.05, 4.69) is 36.2 Å². The van der Waals surface area contributed by atoms with Gasteiger partial charge in [0, 0.05) is 24.2 Å². The molecule has 4 heteroatoms. The van der Waals surface area contributed by atoms with Crippen LogP contribution in [-0.4, -0.2) is 29.9 Å². The van der Waals surface area contributed by atoms with Gasteiger partial charge in [-0.1, -0.05) is 30.7 Å². The van der Waals surface area contributed by atoms with Crippen LogP contribution in [0.15, 0.2) is 24.3 Å². The molecule has 1 fully saturated rings. The number of carbonyl (C=O) groups excluding carboxylic acids is 1.